The highest BCUT2D eigenvalue weighted by atomic mass is 35.5. The highest BCUT2D eigenvalue weighted by Crippen LogP contribution is 2.34. The maximum Gasteiger partial charge on any atom is 0.293 e. The van der Waals surface area contributed by atoms with Gasteiger partial charge in [-0.25, -0.2) is 0 Å². The minimum absolute atomic E-state index is 0.163. The van der Waals surface area contributed by atoms with Crippen LogP contribution >= 0.6 is 23.4 Å². The fraction of sp³-hybridized carbons (Fsp3) is 0.120. The Balaban J connectivity index is 1.40. The molecule has 0 N–H and O–H groups in total. The van der Waals surface area contributed by atoms with Crippen molar-refractivity contribution in [3.05, 3.63) is 99.9 Å². The third-order valence-electron chi connectivity index (χ3n) is 4.71. The Labute approximate surface area is 195 Å². The van der Waals surface area contributed by atoms with E-state index in [1.54, 1.807) is 30.3 Å². The number of hydrogen-bond acceptors (Lipinski definition) is 5. The van der Waals surface area contributed by atoms with Gasteiger partial charge in [0.15, 0.2) is 0 Å². The number of para-hydroxylation sites is 1. The molecular weight excluding hydrogens is 446 g/mol. The third-order valence-corrected chi connectivity index (χ3v) is 5.87. The standard InChI is InChI=1S/C25H20ClNO4S/c26-20-10-12-21(13-11-20)30-15-14-27-24(28)23(32-25(27)29)16-19-8-4-5-9-22(19)31-17-18-6-2-1-3-7-18/h1-13,16H,14-15,17H2/b23-16-. The number of thioether (sulfide) groups is 1. The smallest absolute Gasteiger partial charge is 0.293 e. The van der Waals surface area contributed by atoms with Crippen LogP contribution < -0.4 is 9.47 Å². The lowest BCUT2D eigenvalue weighted by Gasteiger charge is -2.13. The van der Waals surface area contributed by atoms with Crippen LogP contribution in [-0.2, 0) is 11.4 Å². The molecule has 1 aliphatic rings. The third kappa shape index (κ3) is 5.52. The van der Waals surface area contributed by atoms with Gasteiger partial charge in [-0.2, -0.15) is 0 Å². The molecule has 0 saturated carbocycles. The molecule has 4 rings (SSSR count). The van der Waals surface area contributed by atoms with Crippen molar-refractivity contribution < 1.29 is 19.1 Å². The molecule has 1 fully saturated rings. The van der Waals surface area contributed by atoms with Crippen molar-refractivity contribution in [1.29, 1.82) is 0 Å². The summed E-state index contributed by atoms with van der Waals surface area (Å²) < 4.78 is 11.6. The maximum absolute atomic E-state index is 12.8. The van der Waals surface area contributed by atoms with E-state index in [0.717, 1.165) is 22.9 Å². The van der Waals surface area contributed by atoms with Gasteiger partial charge in [0.25, 0.3) is 11.1 Å². The number of carbonyl (C=O) groups excluding carboxylic acids is 2. The second-order valence-electron chi connectivity index (χ2n) is 6.95. The van der Waals surface area contributed by atoms with E-state index in [0.29, 0.717) is 28.0 Å². The van der Waals surface area contributed by atoms with Gasteiger partial charge in [0.05, 0.1) is 11.4 Å². The van der Waals surface area contributed by atoms with E-state index in [1.165, 1.54) is 4.90 Å². The van der Waals surface area contributed by atoms with E-state index in [-0.39, 0.29) is 24.3 Å². The zero-order chi connectivity index (χ0) is 22.3. The van der Waals surface area contributed by atoms with E-state index in [9.17, 15) is 9.59 Å². The summed E-state index contributed by atoms with van der Waals surface area (Å²) in [6, 6.07) is 24.2. The number of nitrogens with zero attached hydrogens (tertiary/aromatic N) is 1. The van der Waals surface area contributed by atoms with Crippen molar-refractivity contribution in [3.8, 4) is 11.5 Å². The van der Waals surface area contributed by atoms with Crippen LogP contribution in [0.25, 0.3) is 6.08 Å². The first-order valence-corrected chi connectivity index (χ1v) is 11.2. The maximum atomic E-state index is 12.8. The molecule has 1 heterocycles. The van der Waals surface area contributed by atoms with Crippen LogP contribution in [0.4, 0.5) is 4.79 Å². The molecule has 162 valence electrons. The van der Waals surface area contributed by atoms with Crippen LogP contribution in [-0.4, -0.2) is 29.2 Å². The molecule has 2 amide bonds. The summed E-state index contributed by atoms with van der Waals surface area (Å²) in [5.41, 5.74) is 1.79. The Kier molecular flexibility index (Phi) is 7.14. The number of amides is 2. The molecule has 0 aliphatic carbocycles. The Hall–Kier alpha value is -3.22. The highest BCUT2D eigenvalue weighted by molar-refractivity contribution is 8.18. The number of benzene rings is 3. The van der Waals surface area contributed by atoms with Gasteiger partial charge in [-0.05, 0) is 53.7 Å². The zero-order valence-corrected chi connectivity index (χ0v) is 18.6. The average Bonchev–Trinajstić information content (AvgIpc) is 3.08. The molecule has 0 atom stereocenters. The van der Waals surface area contributed by atoms with Crippen molar-refractivity contribution >= 4 is 40.6 Å². The lowest BCUT2D eigenvalue weighted by molar-refractivity contribution is -0.123. The number of carbonyl (C=O) groups is 2. The van der Waals surface area contributed by atoms with E-state index in [4.69, 9.17) is 21.1 Å². The van der Waals surface area contributed by atoms with Gasteiger partial charge < -0.3 is 9.47 Å². The molecule has 0 radical (unpaired) electrons. The summed E-state index contributed by atoms with van der Waals surface area (Å²) >= 11 is 6.78. The molecule has 5 nitrogen and oxygen atoms in total. The number of halogens is 1. The molecule has 32 heavy (non-hydrogen) atoms. The van der Waals surface area contributed by atoms with Crippen molar-refractivity contribution in [1.82, 2.24) is 4.90 Å². The second kappa shape index (κ2) is 10.4. The molecule has 3 aromatic carbocycles. The molecule has 0 unspecified atom stereocenters. The first kappa shape index (κ1) is 22.0. The topological polar surface area (TPSA) is 55.8 Å². The molecule has 0 bridgehead atoms. The predicted molar refractivity (Wildman–Crippen MR) is 127 cm³/mol. The van der Waals surface area contributed by atoms with E-state index in [1.807, 2.05) is 54.6 Å². The zero-order valence-electron chi connectivity index (χ0n) is 17.1. The van der Waals surface area contributed by atoms with E-state index in [2.05, 4.69) is 0 Å². The SMILES string of the molecule is O=C1S/C(=C\c2ccccc2OCc2ccccc2)C(=O)N1CCOc1ccc(Cl)cc1. The Morgan fingerprint density at radius 2 is 1.59 bits per heavy atom. The summed E-state index contributed by atoms with van der Waals surface area (Å²) in [4.78, 5) is 26.7. The fourth-order valence-corrected chi connectivity index (χ4v) is 4.07. The van der Waals surface area contributed by atoms with Gasteiger partial charge in [-0.3, -0.25) is 14.5 Å². The first-order valence-electron chi connectivity index (χ1n) is 9.99. The van der Waals surface area contributed by atoms with Crippen LogP contribution in [0.2, 0.25) is 5.02 Å². The van der Waals surface area contributed by atoms with Crippen molar-refractivity contribution in [2.45, 2.75) is 6.61 Å². The second-order valence-corrected chi connectivity index (χ2v) is 8.38. The summed E-state index contributed by atoms with van der Waals surface area (Å²) in [6.45, 7) is 0.774. The van der Waals surface area contributed by atoms with Crippen LogP contribution in [0.15, 0.2) is 83.8 Å². The average molecular weight is 466 g/mol. The van der Waals surface area contributed by atoms with Crippen molar-refractivity contribution in [2.75, 3.05) is 13.2 Å². The molecular formula is C25H20ClNO4S. The Bertz CT molecular complexity index is 1130. The molecule has 7 heteroatoms. The summed E-state index contributed by atoms with van der Waals surface area (Å²) in [5.74, 6) is 0.938. The Morgan fingerprint density at radius 3 is 2.38 bits per heavy atom. The van der Waals surface area contributed by atoms with Gasteiger partial charge in [0.2, 0.25) is 0 Å². The van der Waals surface area contributed by atoms with Crippen molar-refractivity contribution in [2.24, 2.45) is 0 Å². The summed E-state index contributed by atoms with van der Waals surface area (Å²) in [5, 5.41) is 0.296. The minimum atomic E-state index is -0.336. The van der Waals surface area contributed by atoms with Gasteiger partial charge in [0, 0.05) is 10.6 Å². The summed E-state index contributed by atoms with van der Waals surface area (Å²) in [6.07, 6.45) is 1.70. The highest BCUT2D eigenvalue weighted by Gasteiger charge is 2.35. The van der Waals surface area contributed by atoms with E-state index < -0.39 is 0 Å². The molecule has 1 saturated heterocycles. The number of hydrogen-bond donors (Lipinski definition) is 0. The Morgan fingerprint density at radius 1 is 0.875 bits per heavy atom. The normalized spacial score (nSPS) is 14.8. The quantitative estimate of drug-likeness (QED) is 0.380. The fourth-order valence-electron chi connectivity index (χ4n) is 3.09. The first-order chi connectivity index (χ1) is 15.6. The van der Waals surface area contributed by atoms with Gasteiger partial charge in [0.1, 0.15) is 24.7 Å². The van der Waals surface area contributed by atoms with Crippen LogP contribution in [0.3, 0.4) is 0 Å². The summed E-state index contributed by atoms with van der Waals surface area (Å²) in [7, 11) is 0. The molecule has 3 aromatic rings. The number of ether oxygens (including phenoxy) is 2. The van der Waals surface area contributed by atoms with Crippen molar-refractivity contribution in [3.63, 3.8) is 0 Å². The van der Waals surface area contributed by atoms with Gasteiger partial charge in [-0.15, -0.1) is 0 Å². The lowest BCUT2D eigenvalue weighted by atomic mass is 10.1. The van der Waals surface area contributed by atoms with Gasteiger partial charge >= 0.3 is 0 Å². The van der Waals surface area contributed by atoms with Crippen LogP contribution in [0.1, 0.15) is 11.1 Å². The number of imide groups is 1. The van der Waals surface area contributed by atoms with Gasteiger partial charge in [-0.1, -0.05) is 60.1 Å². The molecule has 1 aliphatic heterocycles. The van der Waals surface area contributed by atoms with E-state index >= 15 is 0 Å². The molecule has 0 aromatic heterocycles. The lowest BCUT2D eigenvalue weighted by Crippen LogP contribution is -2.32. The van der Waals surface area contributed by atoms with Crippen LogP contribution in [0.5, 0.6) is 11.5 Å². The monoisotopic (exact) mass is 465 g/mol. The largest absolute Gasteiger partial charge is 0.492 e. The number of rotatable bonds is 8. The minimum Gasteiger partial charge on any atom is -0.492 e. The molecule has 0 spiro atoms. The van der Waals surface area contributed by atoms with Crippen LogP contribution in [0, 0.1) is 0 Å². The predicted octanol–water partition coefficient (Wildman–Crippen LogP) is 6.03.